The van der Waals surface area contributed by atoms with Crippen LogP contribution in [0.5, 0.6) is 0 Å². The van der Waals surface area contributed by atoms with E-state index in [1.807, 2.05) is 31.2 Å². The van der Waals surface area contributed by atoms with Crippen molar-refractivity contribution in [2.75, 3.05) is 7.11 Å². The van der Waals surface area contributed by atoms with Crippen molar-refractivity contribution in [2.45, 2.75) is 30.3 Å². The van der Waals surface area contributed by atoms with E-state index in [2.05, 4.69) is 15.9 Å². The fourth-order valence-electron chi connectivity index (χ4n) is 4.44. The van der Waals surface area contributed by atoms with Crippen LogP contribution in [0.1, 0.15) is 45.6 Å². The molecule has 9 heteroatoms. The number of rotatable bonds is 6. The van der Waals surface area contributed by atoms with Crippen molar-refractivity contribution in [3.63, 3.8) is 0 Å². The van der Waals surface area contributed by atoms with E-state index in [0.29, 0.717) is 15.6 Å². The molecule has 186 valence electrons. The van der Waals surface area contributed by atoms with Crippen molar-refractivity contribution in [1.29, 1.82) is 0 Å². The Hall–Kier alpha value is -3.27. The minimum Gasteiger partial charge on any atom is -0.478 e. The Morgan fingerprint density at radius 3 is 2.33 bits per heavy atom. The number of esters is 1. The average molecular weight is 570 g/mol. The number of carbonyl (C=O) groups is 2. The second-order valence-electron chi connectivity index (χ2n) is 8.41. The van der Waals surface area contributed by atoms with E-state index in [1.54, 1.807) is 36.4 Å². The van der Waals surface area contributed by atoms with Crippen LogP contribution in [0, 0.1) is 6.92 Å². The van der Waals surface area contributed by atoms with Crippen LogP contribution in [0.4, 0.5) is 0 Å². The fourth-order valence-corrected chi connectivity index (χ4v) is 6.82. The van der Waals surface area contributed by atoms with Crippen LogP contribution in [0.25, 0.3) is 0 Å². The number of carboxylic acids is 1. The van der Waals surface area contributed by atoms with E-state index in [-0.39, 0.29) is 22.5 Å². The number of hydrogen-bond donors (Lipinski definition) is 1. The third-order valence-electron chi connectivity index (χ3n) is 6.14. The highest BCUT2D eigenvalue weighted by Gasteiger charge is 2.45. The van der Waals surface area contributed by atoms with Crippen LogP contribution in [0.2, 0.25) is 0 Å². The van der Waals surface area contributed by atoms with E-state index < -0.39 is 34.0 Å². The summed E-state index contributed by atoms with van der Waals surface area (Å²) in [5.41, 5.74) is 2.01. The van der Waals surface area contributed by atoms with Gasteiger partial charge in [-0.05, 0) is 48.7 Å². The smallest absolute Gasteiger partial charge is 0.339 e. The van der Waals surface area contributed by atoms with Crippen molar-refractivity contribution >= 4 is 37.9 Å². The van der Waals surface area contributed by atoms with Gasteiger partial charge in [0.15, 0.2) is 0 Å². The number of aliphatic carboxylic acids is 1. The zero-order valence-electron chi connectivity index (χ0n) is 19.6. The number of carbonyl (C=O) groups excluding carboxylic acids is 1. The van der Waals surface area contributed by atoms with E-state index in [1.165, 1.54) is 29.6 Å². The number of methoxy groups -OCH3 is 1. The largest absolute Gasteiger partial charge is 0.478 e. The predicted molar refractivity (Wildman–Crippen MR) is 138 cm³/mol. The molecule has 0 saturated heterocycles. The van der Waals surface area contributed by atoms with Gasteiger partial charge in [-0.2, -0.15) is 4.31 Å². The number of benzene rings is 3. The van der Waals surface area contributed by atoms with Crippen molar-refractivity contribution in [3.05, 3.63) is 111 Å². The highest BCUT2D eigenvalue weighted by Crippen LogP contribution is 2.46. The van der Waals surface area contributed by atoms with Gasteiger partial charge in [-0.25, -0.2) is 18.0 Å². The fraction of sp³-hybridized carbons (Fsp3) is 0.185. The van der Waals surface area contributed by atoms with Gasteiger partial charge >= 0.3 is 11.9 Å². The quantitative estimate of drug-likeness (QED) is 0.397. The highest BCUT2D eigenvalue weighted by molar-refractivity contribution is 9.10. The summed E-state index contributed by atoms with van der Waals surface area (Å²) >= 11 is 3.41. The van der Waals surface area contributed by atoms with E-state index in [4.69, 9.17) is 4.74 Å². The molecule has 0 unspecified atom stereocenters. The molecule has 1 N–H and O–H groups in total. The minimum atomic E-state index is -4.42. The van der Waals surface area contributed by atoms with Crippen LogP contribution in [0.15, 0.2) is 93.8 Å². The number of sulfonamides is 1. The number of hydrogen-bond acceptors (Lipinski definition) is 5. The molecule has 36 heavy (non-hydrogen) atoms. The highest BCUT2D eigenvalue weighted by atomic mass is 79.9. The Kier molecular flexibility index (Phi) is 7.44. The Morgan fingerprint density at radius 1 is 1.00 bits per heavy atom. The first kappa shape index (κ1) is 25.8. The maximum absolute atomic E-state index is 14.4. The average Bonchev–Trinajstić information content (AvgIpc) is 2.87. The lowest BCUT2D eigenvalue weighted by atomic mass is 9.89. The van der Waals surface area contributed by atoms with Crippen molar-refractivity contribution in [1.82, 2.24) is 4.31 Å². The molecule has 1 heterocycles. The third kappa shape index (κ3) is 4.86. The first-order valence-corrected chi connectivity index (χ1v) is 13.3. The minimum absolute atomic E-state index is 0.0596. The van der Waals surface area contributed by atoms with Crippen LogP contribution in [-0.4, -0.2) is 36.9 Å². The summed E-state index contributed by atoms with van der Waals surface area (Å²) in [5.74, 6) is -2.02. The van der Waals surface area contributed by atoms with E-state index >= 15 is 0 Å². The van der Waals surface area contributed by atoms with Gasteiger partial charge in [-0.15, -0.1) is 0 Å². The summed E-state index contributed by atoms with van der Waals surface area (Å²) in [7, 11) is -3.24. The topological polar surface area (TPSA) is 101 Å². The van der Waals surface area contributed by atoms with Gasteiger partial charge in [0, 0.05) is 4.47 Å². The SMILES string of the molecule is COC(=O)c1ccccc1S(=O)(=O)N1[C@@H](c2cccc(Br)c2)C(C(=O)O)=CC[C@H]1c1ccc(C)cc1. The zero-order valence-corrected chi connectivity index (χ0v) is 22.0. The lowest BCUT2D eigenvalue weighted by molar-refractivity contribution is -0.133. The predicted octanol–water partition coefficient (Wildman–Crippen LogP) is 5.43. The van der Waals surface area contributed by atoms with Crippen LogP contribution in [0.3, 0.4) is 0 Å². The molecule has 0 saturated carbocycles. The molecule has 0 aliphatic carbocycles. The molecule has 7 nitrogen and oxygen atoms in total. The molecule has 0 spiro atoms. The Morgan fingerprint density at radius 2 is 1.69 bits per heavy atom. The Balaban J connectivity index is 2.02. The summed E-state index contributed by atoms with van der Waals surface area (Å²) in [4.78, 5) is 24.6. The summed E-state index contributed by atoms with van der Waals surface area (Å²) in [5, 5.41) is 10.1. The van der Waals surface area contributed by atoms with Crippen LogP contribution in [-0.2, 0) is 19.6 Å². The van der Waals surface area contributed by atoms with Gasteiger partial charge in [0.2, 0.25) is 10.0 Å². The van der Waals surface area contributed by atoms with Crippen molar-refractivity contribution in [3.8, 4) is 0 Å². The number of carboxylic acid groups (broad SMARTS) is 1. The Labute approximate surface area is 218 Å². The van der Waals surface area contributed by atoms with E-state index in [9.17, 15) is 23.1 Å². The molecule has 3 aromatic rings. The summed E-state index contributed by atoms with van der Waals surface area (Å²) < 4.78 is 35.5. The number of halogens is 1. The standard InChI is InChI=1S/C27H24BrNO6S/c1-17-10-12-18(13-11-17)23-15-14-22(26(30)31)25(19-6-5-7-20(28)16-19)29(23)36(33,34)24-9-4-3-8-21(24)27(32)35-2/h3-14,16,23,25H,15H2,1-2H3,(H,30,31)/t23-,25-/m0/s1. The normalized spacial score (nSPS) is 18.4. The lowest BCUT2D eigenvalue weighted by Gasteiger charge is -2.41. The zero-order chi connectivity index (χ0) is 26.0. The van der Waals surface area contributed by atoms with Crippen LogP contribution < -0.4 is 0 Å². The third-order valence-corrected chi connectivity index (χ3v) is 8.56. The molecular formula is C27H24BrNO6S. The van der Waals surface area contributed by atoms with E-state index in [0.717, 1.165) is 5.56 Å². The van der Waals surface area contributed by atoms with Crippen molar-refractivity contribution in [2.24, 2.45) is 0 Å². The van der Waals surface area contributed by atoms with Gasteiger partial charge in [0.1, 0.15) is 0 Å². The Bertz CT molecular complexity index is 1450. The second kappa shape index (κ2) is 10.4. The molecule has 0 fully saturated rings. The first-order chi connectivity index (χ1) is 17.1. The maximum Gasteiger partial charge on any atom is 0.339 e. The van der Waals surface area contributed by atoms with Crippen molar-refractivity contribution < 1.29 is 27.9 Å². The molecular weight excluding hydrogens is 546 g/mol. The number of nitrogens with zero attached hydrogens (tertiary/aromatic N) is 1. The summed E-state index contributed by atoms with van der Waals surface area (Å²) in [6, 6.07) is 18.3. The molecule has 0 radical (unpaired) electrons. The molecule has 2 atom stereocenters. The summed E-state index contributed by atoms with van der Waals surface area (Å²) in [6.07, 6.45) is 1.73. The monoisotopic (exact) mass is 569 g/mol. The van der Waals surface area contributed by atoms with Crippen LogP contribution >= 0.6 is 15.9 Å². The first-order valence-electron chi connectivity index (χ1n) is 11.1. The molecule has 1 aliphatic rings. The van der Waals surface area contributed by atoms with Gasteiger partial charge in [-0.1, -0.05) is 76.1 Å². The molecule has 0 bridgehead atoms. The molecule has 3 aromatic carbocycles. The lowest BCUT2D eigenvalue weighted by Crippen LogP contribution is -2.42. The molecule has 1 aliphatic heterocycles. The maximum atomic E-state index is 14.4. The second-order valence-corrected chi connectivity index (χ2v) is 11.1. The van der Waals surface area contributed by atoms with Gasteiger partial charge in [0.05, 0.1) is 35.2 Å². The number of ether oxygens (including phenoxy) is 1. The molecule has 0 amide bonds. The summed E-state index contributed by atoms with van der Waals surface area (Å²) in [6.45, 7) is 1.93. The van der Waals surface area contributed by atoms with Gasteiger partial charge < -0.3 is 9.84 Å². The number of aryl methyl sites for hydroxylation is 1. The molecule has 0 aromatic heterocycles. The van der Waals surface area contributed by atoms with Gasteiger partial charge in [-0.3, -0.25) is 0 Å². The van der Waals surface area contributed by atoms with Gasteiger partial charge in [0.25, 0.3) is 0 Å². The molecule has 4 rings (SSSR count).